The van der Waals surface area contributed by atoms with E-state index >= 15 is 0 Å². The molecule has 8 heteroatoms. The second-order valence-electron chi connectivity index (χ2n) is 4.27. The monoisotopic (exact) mass is 292 g/mol. The van der Waals surface area contributed by atoms with E-state index in [1.54, 1.807) is 0 Å². The lowest BCUT2D eigenvalue weighted by Crippen LogP contribution is -2.43. The van der Waals surface area contributed by atoms with Crippen LogP contribution in [0.1, 0.15) is 0 Å². The number of hydrogen-bond donors (Lipinski definition) is 2. The summed E-state index contributed by atoms with van der Waals surface area (Å²) >= 11 is 0. The predicted octanol–water partition coefficient (Wildman–Crippen LogP) is 0.230. The lowest BCUT2D eigenvalue weighted by Gasteiger charge is -2.18. The zero-order valence-corrected chi connectivity index (χ0v) is 11.0. The molecule has 0 aliphatic carbocycles. The molecule has 2 atom stereocenters. The summed E-state index contributed by atoms with van der Waals surface area (Å²) in [4.78, 5) is -0.438. The van der Waals surface area contributed by atoms with E-state index in [4.69, 9.17) is 4.74 Å². The minimum atomic E-state index is -3.98. The molecule has 1 aliphatic heterocycles. The molecule has 1 unspecified atom stereocenters. The maximum atomic E-state index is 13.0. The van der Waals surface area contributed by atoms with Crippen LogP contribution in [-0.4, -0.2) is 40.8 Å². The summed E-state index contributed by atoms with van der Waals surface area (Å²) in [5.74, 6) is -1.87. The molecule has 19 heavy (non-hydrogen) atoms. The molecule has 2 N–H and O–H groups in total. The molecule has 0 bridgehead atoms. The van der Waals surface area contributed by atoms with Crippen LogP contribution in [0.5, 0.6) is 0 Å². The molecule has 1 aliphatic rings. The predicted molar refractivity (Wildman–Crippen MR) is 64.1 cm³/mol. The number of methoxy groups -OCH3 is 1. The van der Waals surface area contributed by atoms with E-state index in [9.17, 15) is 17.2 Å². The number of hydrogen-bond acceptors (Lipinski definition) is 4. The summed E-state index contributed by atoms with van der Waals surface area (Å²) in [5.41, 5.74) is 0. The largest absolute Gasteiger partial charge is 0.378 e. The highest BCUT2D eigenvalue weighted by atomic mass is 32.2. The topological polar surface area (TPSA) is 67.4 Å². The lowest BCUT2D eigenvalue weighted by molar-refractivity contribution is 0.103. The Morgan fingerprint density at radius 1 is 1.26 bits per heavy atom. The van der Waals surface area contributed by atoms with Crippen molar-refractivity contribution in [2.24, 2.45) is 0 Å². The quantitative estimate of drug-likeness (QED) is 0.833. The highest BCUT2D eigenvalue weighted by Gasteiger charge is 2.31. The molecule has 1 aromatic rings. The number of sulfonamides is 1. The Morgan fingerprint density at radius 2 is 1.89 bits per heavy atom. The van der Waals surface area contributed by atoms with Gasteiger partial charge in [-0.05, 0) is 12.1 Å². The second kappa shape index (κ2) is 5.49. The maximum absolute atomic E-state index is 13.0. The van der Waals surface area contributed by atoms with Crippen LogP contribution in [0, 0.1) is 11.6 Å². The fourth-order valence-corrected chi connectivity index (χ4v) is 3.28. The number of rotatable bonds is 4. The first-order chi connectivity index (χ1) is 8.92. The lowest BCUT2D eigenvalue weighted by atomic mass is 10.2. The van der Waals surface area contributed by atoms with E-state index in [1.165, 1.54) is 7.11 Å². The molecule has 0 amide bonds. The Bertz CT molecular complexity index is 545. The Labute approximate surface area is 110 Å². The van der Waals surface area contributed by atoms with E-state index in [0.29, 0.717) is 19.2 Å². The van der Waals surface area contributed by atoms with Crippen molar-refractivity contribution in [2.45, 2.75) is 17.0 Å². The normalized spacial score (nSPS) is 23.7. The summed E-state index contributed by atoms with van der Waals surface area (Å²) < 4.78 is 57.6. The van der Waals surface area contributed by atoms with Gasteiger partial charge in [-0.3, -0.25) is 0 Å². The van der Waals surface area contributed by atoms with Crippen molar-refractivity contribution >= 4 is 10.0 Å². The van der Waals surface area contributed by atoms with Crippen molar-refractivity contribution in [1.82, 2.24) is 10.0 Å². The van der Waals surface area contributed by atoms with Crippen molar-refractivity contribution in [3.05, 3.63) is 29.8 Å². The standard InChI is InChI=1S/C11H14F2N2O3S/c1-18-11-6-14-5-10(11)15-19(16,17)9-3-7(12)2-8(13)4-9/h2-4,10-11,14-15H,5-6H2,1H3/t10?,11-/m0/s1. The zero-order valence-electron chi connectivity index (χ0n) is 10.2. The molecule has 1 aromatic carbocycles. The Morgan fingerprint density at radius 3 is 2.47 bits per heavy atom. The van der Waals surface area contributed by atoms with Gasteiger partial charge in [-0.1, -0.05) is 0 Å². The van der Waals surface area contributed by atoms with Gasteiger partial charge in [-0.25, -0.2) is 21.9 Å². The van der Waals surface area contributed by atoms with Crippen LogP contribution in [0.25, 0.3) is 0 Å². The molecule has 5 nitrogen and oxygen atoms in total. The smallest absolute Gasteiger partial charge is 0.241 e. The number of halogens is 2. The fraction of sp³-hybridized carbons (Fsp3) is 0.455. The molecule has 2 rings (SSSR count). The molecule has 1 saturated heterocycles. The van der Waals surface area contributed by atoms with Gasteiger partial charge < -0.3 is 10.1 Å². The number of nitrogens with one attached hydrogen (secondary N) is 2. The molecule has 0 saturated carbocycles. The Balaban J connectivity index is 2.22. The minimum absolute atomic E-state index is 0.312. The number of ether oxygens (including phenoxy) is 1. The van der Waals surface area contributed by atoms with Gasteiger partial charge in [0.1, 0.15) is 11.6 Å². The van der Waals surface area contributed by atoms with Crippen molar-refractivity contribution in [2.75, 3.05) is 20.2 Å². The van der Waals surface area contributed by atoms with Crippen LogP contribution in [0.15, 0.2) is 23.1 Å². The first-order valence-electron chi connectivity index (χ1n) is 5.64. The summed E-state index contributed by atoms with van der Waals surface area (Å²) in [6.45, 7) is 0.913. The maximum Gasteiger partial charge on any atom is 0.241 e. The van der Waals surface area contributed by atoms with Crippen molar-refractivity contribution in [1.29, 1.82) is 0 Å². The molecule has 0 radical (unpaired) electrons. The van der Waals surface area contributed by atoms with E-state index < -0.39 is 32.6 Å². The van der Waals surface area contributed by atoms with Crippen LogP contribution in [0.2, 0.25) is 0 Å². The summed E-state index contributed by atoms with van der Waals surface area (Å²) in [5, 5.41) is 2.97. The van der Waals surface area contributed by atoms with Gasteiger partial charge in [0.2, 0.25) is 10.0 Å². The zero-order chi connectivity index (χ0) is 14.0. The third-order valence-electron chi connectivity index (χ3n) is 2.91. The van der Waals surface area contributed by atoms with Crippen LogP contribution < -0.4 is 10.0 Å². The third kappa shape index (κ3) is 3.27. The van der Waals surface area contributed by atoms with E-state index in [1.807, 2.05) is 0 Å². The van der Waals surface area contributed by atoms with Crippen LogP contribution >= 0.6 is 0 Å². The Kier molecular flexibility index (Phi) is 4.14. The first-order valence-corrected chi connectivity index (χ1v) is 7.12. The summed E-state index contributed by atoms with van der Waals surface area (Å²) in [6.07, 6.45) is -0.312. The SMILES string of the molecule is CO[C@H]1CNCC1NS(=O)(=O)c1cc(F)cc(F)c1. The van der Waals surface area contributed by atoms with Gasteiger partial charge in [-0.2, -0.15) is 0 Å². The third-order valence-corrected chi connectivity index (χ3v) is 4.38. The van der Waals surface area contributed by atoms with Crippen molar-refractivity contribution in [3.63, 3.8) is 0 Å². The molecular formula is C11H14F2N2O3S. The molecule has 0 aromatic heterocycles. The van der Waals surface area contributed by atoms with Gasteiger partial charge in [0.15, 0.2) is 0 Å². The van der Waals surface area contributed by atoms with Gasteiger partial charge >= 0.3 is 0 Å². The fourth-order valence-electron chi connectivity index (χ4n) is 1.97. The first kappa shape index (κ1) is 14.3. The van der Waals surface area contributed by atoms with Crippen molar-refractivity contribution in [3.8, 4) is 0 Å². The van der Waals surface area contributed by atoms with E-state index in [2.05, 4.69) is 10.0 Å². The molecule has 1 fully saturated rings. The number of benzene rings is 1. The molecule has 1 heterocycles. The average molecular weight is 292 g/mol. The van der Waals surface area contributed by atoms with Crippen LogP contribution in [0.3, 0.4) is 0 Å². The van der Waals surface area contributed by atoms with E-state index in [-0.39, 0.29) is 6.10 Å². The van der Waals surface area contributed by atoms with Crippen molar-refractivity contribution < 1.29 is 21.9 Å². The van der Waals surface area contributed by atoms with Gasteiger partial charge in [0.25, 0.3) is 0 Å². The summed E-state index contributed by atoms with van der Waals surface area (Å²) in [6, 6.07) is 1.69. The highest BCUT2D eigenvalue weighted by Crippen LogP contribution is 2.15. The Hall–Kier alpha value is -1.09. The second-order valence-corrected chi connectivity index (χ2v) is 5.98. The molecule has 106 valence electrons. The highest BCUT2D eigenvalue weighted by molar-refractivity contribution is 7.89. The van der Waals surface area contributed by atoms with E-state index in [0.717, 1.165) is 12.1 Å². The van der Waals surface area contributed by atoms with Gasteiger partial charge in [-0.15, -0.1) is 0 Å². The van der Waals surface area contributed by atoms with Gasteiger partial charge in [0.05, 0.1) is 17.0 Å². The van der Waals surface area contributed by atoms with Crippen LogP contribution in [-0.2, 0) is 14.8 Å². The molecular weight excluding hydrogens is 278 g/mol. The minimum Gasteiger partial charge on any atom is -0.378 e. The average Bonchev–Trinajstić information content (AvgIpc) is 2.74. The molecule has 0 spiro atoms. The van der Waals surface area contributed by atoms with Gasteiger partial charge in [0, 0.05) is 26.3 Å². The summed E-state index contributed by atoms with van der Waals surface area (Å²) in [7, 11) is -2.51. The van der Waals surface area contributed by atoms with Crippen LogP contribution in [0.4, 0.5) is 8.78 Å².